The second kappa shape index (κ2) is 8.92. The molecule has 8 heteroatoms. The van der Waals surface area contributed by atoms with Crippen LogP contribution in [0.3, 0.4) is 0 Å². The summed E-state index contributed by atoms with van der Waals surface area (Å²) < 4.78 is 44.2. The number of nitrogens with one attached hydrogen (secondary N) is 1. The number of benzene rings is 1. The van der Waals surface area contributed by atoms with Gasteiger partial charge in [0.05, 0.1) is 11.2 Å². The fourth-order valence-corrected chi connectivity index (χ4v) is 3.38. The first-order valence-corrected chi connectivity index (χ1v) is 9.87. The van der Waals surface area contributed by atoms with Crippen LogP contribution in [-0.4, -0.2) is 47.9 Å². The Morgan fingerprint density at radius 3 is 2.52 bits per heavy atom. The zero-order chi connectivity index (χ0) is 21.9. The molecule has 1 saturated heterocycles. The molecule has 2 N–H and O–H groups in total. The van der Waals surface area contributed by atoms with E-state index < -0.39 is 22.9 Å². The number of carbonyl (C=O) groups is 1. The zero-order valence-electron chi connectivity index (χ0n) is 17.5. The van der Waals surface area contributed by atoms with E-state index >= 15 is 0 Å². The molecule has 0 aromatic heterocycles. The lowest BCUT2D eigenvalue weighted by atomic mass is 9.93. The highest BCUT2D eigenvalue weighted by atomic mass is 19.4. The first-order chi connectivity index (χ1) is 13.3. The Hall–Kier alpha value is -1.80. The highest BCUT2D eigenvalue weighted by molar-refractivity contribution is 5.68. The third kappa shape index (κ3) is 7.19. The van der Waals surface area contributed by atoms with Gasteiger partial charge in [0.2, 0.25) is 0 Å². The van der Waals surface area contributed by atoms with Crippen molar-refractivity contribution in [2.24, 2.45) is 5.92 Å². The van der Waals surface area contributed by atoms with Crippen molar-refractivity contribution in [3.8, 4) is 0 Å². The van der Waals surface area contributed by atoms with Crippen LogP contribution in [0.2, 0.25) is 0 Å². The molecule has 0 bridgehead atoms. The summed E-state index contributed by atoms with van der Waals surface area (Å²) in [5.74, 6) is 0.188. The third-order valence-electron chi connectivity index (χ3n) is 4.88. The Labute approximate surface area is 170 Å². The molecule has 1 aromatic rings. The van der Waals surface area contributed by atoms with E-state index in [1.807, 2.05) is 20.8 Å². The van der Waals surface area contributed by atoms with Crippen molar-refractivity contribution < 1.29 is 27.8 Å². The predicted octanol–water partition coefficient (Wildman–Crippen LogP) is 4.15. The van der Waals surface area contributed by atoms with Gasteiger partial charge in [0.25, 0.3) is 0 Å². The minimum Gasteiger partial charge on any atom is -0.444 e. The molecule has 1 aromatic carbocycles. The van der Waals surface area contributed by atoms with Crippen LogP contribution in [0.4, 0.5) is 18.0 Å². The minimum atomic E-state index is -4.45. The average molecular weight is 416 g/mol. The number of piperidine rings is 1. The maximum Gasteiger partial charge on any atom is 0.416 e. The second-order valence-electron chi connectivity index (χ2n) is 8.92. The normalized spacial score (nSPS) is 20.3. The van der Waals surface area contributed by atoms with E-state index in [0.29, 0.717) is 19.6 Å². The van der Waals surface area contributed by atoms with Gasteiger partial charge in [0, 0.05) is 19.6 Å². The Morgan fingerprint density at radius 2 is 1.90 bits per heavy atom. The summed E-state index contributed by atoms with van der Waals surface area (Å²) in [6, 6.07) is 4.75. The molecule has 2 atom stereocenters. The van der Waals surface area contributed by atoms with Crippen LogP contribution in [0, 0.1) is 5.92 Å². The Bertz CT molecular complexity index is 699. The molecule has 0 radical (unpaired) electrons. The molecule has 1 fully saturated rings. The van der Waals surface area contributed by atoms with E-state index in [4.69, 9.17) is 4.74 Å². The van der Waals surface area contributed by atoms with Crippen molar-refractivity contribution in [2.75, 3.05) is 26.2 Å². The molecule has 5 nitrogen and oxygen atoms in total. The summed E-state index contributed by atoms with van der Waals surface area (Å²) in [5.41, 5.74) is -2.57. The van der Waals surface area contributed by atoms with E-state index in [1.165, 1.54) is 19.1 Å². The third-order valence-corrected chi connectivity index (χ3v) is 4.88. The van der Waals surface area contributed by atoms with E-state index in [-0.39, 0.29) is 24.1 Å². The van der Waals surface area contributed by atoms with Gasteiger partial charge in [-0.3, -0.25) is 0 Å². The molecule has 1 heterocycles. The van der Waals surface area contributed by atoms with Gasteiger partial charge in [0.1, 0.15) is 5.60 Å². The number of carbonyl (C=O) groups excluding carboxylic acids is 1. The lowest BCUT2D eigenvalue weighted by Crippen LogP contribution is -2.46. The maximum absolute atomic E-state index is 12.9. The number of ether oxygens (including phenoxy) is 1. The number of rotatable bonds is 5. The molecule has 1 aliphatic heterocycles. The summed E-state index contributed by atoms with van der Waals surface area (Å²) in [6.07, 6.45) is -3.00. The van der Waals surface area contributed by atoms with E-state index in [2.05, 4.69) is 5.32 Å². The van der Waals surface area contributed by atoms with Crippen LogP contribution in [-0.2, 0) is 16.5 Å². The molecule has 2 rings (SSSR count). The second-order valence-corrected chi connectivity index (χ2v) is 8.92. The number of hydrogen-bond donors (Lipinski definition) is 2. The van der Waals surface area contributed by atoms with Crippen LogP contribution in [0.5, 0.6) is 0 Å². The lowest BCUT2D eigenvalue weighted by molar-refractivity contribution is -0.137. The van der Waals surface area contributed by atoms with Crippen LogP contribution in [0.25, 0.3) is 0 Å². The van der Waals surface area contributed by atoms with Gasteiger partial charge in [0.15, 0.2) is 0 Å². The standard InChI is InChI=1S/C21H31F3N2O3/c1-19(2,3)29-18(27)26-10-6-7-15(13-26)12-25-14-20(4,28)16-8-5-9-17(11-16)21(22,23)24/h5,8-9,11,15,25,28H,6-7,10,12-14H2,1-4H3. The van der Waals surface area contributed by atoms with Crippen LogP contribution < -0.4 is 5.32 Å². The highest BCUT2D eigenvalue weighted by Gasteiger charge is 2.33. The number of alkyl halides is 3. The molecule has 1 amide bonds. The Kier molecular flexibility index (Phi) is 7.22. The maximum atomic E-state index is 12.9. The first-order valence-electron chi connectivity index (χ1n) is 9.87. The summed E-state index contributed by atoms with van der Waals surface area (Å²) >= 11 is 0. The monoisotopic (exact) mass is 416 g/mol. The molecular formula is C21H31F3N2O3. The van der Waals surface area contributed by atoms with Gasteiger partial charge >= 0.3 is 12.3 Å². The van der Waals surface area contributed by atoms with Gasteiger partial charge in [-0.25, -0.2) is 4.79 Å². The molecule has 0 aliphatic carbocycles. The van der Waals surface area contributed by atoms with Gasteiger partial charge < -0.3 is 20.1 Å². The average Bonchev–Trinajstić information content (AvgIpc) is 2.60. The quantitative estimate of drug-likeness (QED) is 0.757. The molecule has 0 spiro atoms. The zero-order valence-corrected chi connectivity index (χ0v) is 17.5. The minimum absolute atomic E-state index is 0.108. The summed E-state index contributed by atoms with van der Waals surface area (Å²) in [7, 11) is 0. The number of amides is 1. The van der Waals surface area contributed by atoms with Gasteiger partial charge in [-0.05, 0) is 70.7 Å². The van der Waals surface area contributed by atoms with Crippen molar-refractivity contribution >= 4 is 6.09 Å². The van der Waals surface area contributed by atoms with Crippen molar-refractivity contribution in [1.29, 1.82) is 0 Å². The number of halogens is 3. The van der Waals surface area contributed by atoms with Crippen molar-refractivity contribution in [1.82, 2.24) is 10.2 Å². The van der Waals surface area contributed by atoms with Crippen LogP contribution >= 0.6 is 0 Å². The molecular weight excluding hydrogens is 385 g/mol. The lowest BCUT2D eigenvalue weighted by Gasteiger charge is -2.34. The van der Waals surface area contributed by atoms with Crippen LogP contribution in [0.1, 0.15) is 51.7 Å². The number of hydrogen-bond acceptors (Lipinski definition) is 4. The first kappa shape index (κ1) is 23.5. The summed E-state index contributed by atoms with van der Waals surface area (Å²) in [6.45, 7) is 8.81. The van der Waals surface area contributed by atoms with Crippen molar-refractivity contribution in [2.45, 2.75) is 57.9 Å². The Morgan fingerprint density at radius 1 is 1.24 bits per heavy atom. The van der Waals surface area contributed by atoms with Crippen molar-refractivity contribution in [3.63, 3.8) is 0 Å². The summed E-state index contributed by atoms with van der Waals surface area (Å²) in [5, 5.41) is 13.8. The highest BCUT2D eigenvalue weighted by Crippen LogP contribution is 2.32. The van der Waals surface area contributed by atoms with Gasteiger partial charge in [-0.2, -0.15) is 13.2 Å². The van der Waals surface area contributed by atoms with Gasteiger partial charge in [-0.1, -0.05) is 12.1 Å². The number of likely N-dealkylation sites (tertiary alicyclic amines) is 1. The SMILES string of the molecule is CC(C)(C)OC(=O)N1CCCC(CNCC(C)(O)c2cccc(C(F)(F)F)c2)C1. The Balaban J connectivity index is 1.89. The summed E-state index contributed by atoms with van der Waals surface area (Å²) in [4.78, 5) is 13.9. The van der Waals surface area contributed by atoms with Gasteiger partial charge in [-0.15, -0.1) is 0 Å². The molecule has 164 valence electrons. The molecule has 0 saturated carbocycles. The van der Waals surface area contributed by atoms with E-state index in [0.717, 1.165) is 25.0 Å². The molecule has 2 unspecified atom stereocenters. The molecule has 1 aliphatic rings. The molecule has 29 heavy (non-hydrogen) atoms. The van der Waals surface area contributed by atoms with Crippen LogP contribution in [0.15, 0.2) is 24.3 Å². The number of aliphatic hydroxyl groups is 1. The fourth-order valence-electron chi connectivity index (χ4n) is 3.38. The van der Waals surface area contributed by atoms with Crippen molar-refractivity contribution in [3.05, 3.63) is 35.4 Å². The fraction of sp³-hybridized carbons (Fsp3) is 0.667. The predicted molar refractivity (Wildman–Crippen MR) is 104 cm³/mol. The number of nitrogens with zero attached hydrogens (tertiary/aromatic N) is 1. The van der Waals surface area contributed by atoms with E-state index in [9.17, 15) is 23.1 Å². The largest absolute Gasteiger partial charge is 0.444 e. The topological polar surface area (TPSA) is 61.8 Å². The smallest absolute Gasteiger partial charge is 0.416 e. The van der Waals surface area contributed by atoms with E-state index in [1.54, 1.807) is 4.90 Å².